The zero-order valence-electron chi connectivity index (χ0n) is 12.3. The second kappa shape index (κ2) is 6.11. The Kier molecular flexibility index (Phi) is 4.03. The van der Waals surface area contributed by atoms with Gasteiger partial charge in [0.1, 0.15) is 5.82 Å². The molecule has 21 heavy (non-hydrogen) atoms. The number of ether oxygens (including phenoxy) is 1. The van der Waals surface area contributed by atoms with Crippen LogP contribution in [0.15, 0.2) is 24.3 Å². The first kappa shape index (κ1) is 13.8. The molecule has 1 saturated heterocycles. The number of pyridine rings is 1. The fraction of sp³-hybridized carbons (Fsp3) is 0.412. The van der Waals surface area contributed by atoms with E-state index in [0.29, 0.717) is 6.42 Å². The van der Waals surface area contributed by atoms with Crippen molar-refractivity contribution in [3.05, 3.63) is 35.4 Å². The average molecular weight is 281 g/mol. The van der Waals surface area contributed by atoms with Crippen LogP contribution in [-0.2, 0) is 11.2 Å². The summed E-state index contributed by atoms with van der Waals surface area (Å²) in [4.78, 5) is 7.13. The zero-order valence-corrected chi connectivity index (χ0v) is 12.3. The molecular formula is C17H19N3O. The third-order valence-electron chi connectivity index (χ3n) is 3.84. The van der Waals surface area contributed by atoms with Gasteiger partial charge < -0.3 is 9.64 Å². The highest BCUT2D eigenvalue weighted by Crippen LogP contribution is 2.26. The Morgan fingerprint density at radius 3 is 2.86 bits per heavy atom. The van der Waals surface area contributed by atoms with Crippen LogP contribution in [0.5, 0.6) is 0 Å². The van der Waals surface area contributed by atoms with Gasteiger partial charge in [0.2, 0.25) is 0 Å². The molecule has 2 aromatic rings. The van der Waals surface area contributed by atoms with Gasteiger partial charge in [0, 0.05) is 24.9 Å². The van der Waals surface area contributed by atoms with Crippen molar-refractivity contribution in [2.24, 2.45) is 0 Å². The molecule has 0 N–H and O–H groups in total. The number of nitriles is 1. The number of morpholine rings is 1. The summed E-state index contributed by atoms with van der Waals surface area (Å²) < 4.78 is 5.42. The lowest BCUT2D eigenvalue weighted by Gasteiger charge is -2.29. The average Bonchev–Trinajstić information content (AvgIpc) is 2.52. The molecule has 0 bridgehead atoms. The van der Waals surface area contributed by atoms with Crippen molar-refractivity contribution in [1.29, 1.82) is 5.26 Å². The zero-order chi connectivity index (χ0) is 14.7. The molecule has 0 atom stereocenters. The predicted octanol–water partition coefficient (Wildman–Crippen LogP) is 2.84. The highest BCUT2D eigenvalue weighted by molar-refractivity contribution is 5.82. The fourth-order valence-corrected chi connectivity index (χ4v) is 2.75. The van der Waals surface area contributed by atoms with E-state index in [1.54, 1.807) is 0 Å². The second-order valence-corrected chi connectivity index (χ2v) is 5.42. The second-order valence-electron chi connectivity index (χ2n) is 5.42. The Balaban J connectivity index is 2.06. The molecule has 1 aromatic heterocycles. The van der Waals surface area contributed by atoms with Gasteiger partial charge >= 0.3 is 0 Å². The van der Waals surface area contributed by atoms with E-state index in [4.69, 9.17) is 15.0 Å². The van der Waals surface area contributed by atoms with Gasteiger partial charge in [-0.15, -0.1) is 0 Å². The Bertz CT molecular complexity index is 684. The van der Waals surface area contributed by atoms with E-state index in [1.165, 1.54) is 5.56 Å². The molecule has 108 valence electrons. The summed E-state index contributed by atoms with van der Waals surface area (Å²) in [5, 5.41) is 10.0. The van der Waals surface area contributed by atoms with E-state index in [1.807, 2.05) is 0 Å². The standard InChI is InChI=1S/C17H19N3O/c1-13-4-5-16-15(11-13)12-14(3-2-6-18)17(19-16)20-7-9-21-10-8-20/h4-5,11-12H,2-3,7-10H2,1H3. The molecule has 4 heteroatoms. The normalized spacial score (nSPS) is 15.1. The van der Waals surface area contributed by atoms with E-state index in [9.17, 15) is 0 Å². The number of nitrogens with zero attached hydrogens (tertiary/aromatic N) is 3. The van der Waals surface area contributed by atoms with Crippen molar-refractivity contribution in [3.63, 3.8) is 0 Å². The largest absolute Gasteiger partial charge is 0.378 e. The maximum absolute atomic E-state index is 8.88. The number of rotatable bonds is 3. The third-order valence-corrected chi connectivity index (χ3v) is 3.84. The van der Waals surface area contributed by atoms with E-state index in [-0.39, 0.29) is 0 Å². The lowest BCUT2D eigenvalue weighted by Crippen LogP contribution is -2.37. The van der Waals surface area contributed by atoms with Crippen LogP contribution in [0.4, 0.5) is 5.82 Å². The van der Waals surface area contributed by atoms with Gasteiger partial charge in [0.15, 0.2) is 0 Å². The lowest BCUT2D eigenvalue weighted by atomic mass is 10.1. The van der Waals surface area contributed by atoms with E-state index in [2.05, 4.69) is 42.2 Å². The number of anilines is 1. The monoisotopic (exact) mass is 281 g/mol. The van der Waals surface area contributed by atoms with Gasteiger partial charge in [-0.05, 0) is 37.1 Å². The van der Waals surface area contributed by atoms with E-state index in [0.717, 1.165) is 55.0 Å². The first-order valence-electron chi connectivity index (χ1n) is 7.38. The van der Waals surface area contributed by atoms with Crippen LogP contribution in [0, 0.1) is 18.3 Å². The predicted molar refractivity (Wildman–Crippen MR) is 83.4 cm³/mol. The Labute approximate surface area is 125 Å². The number of fused-ring (bicyclic) bond motifs is 1. The molecule has 0 aliphatic carbocycles. The fourth-order valence-electron chi connectivity index (χ4n) is 2.75. The lowest BCUT2D eigenvalue weighted by molar-refractivity contribution is 0.122. The van der Waals surface area contributed by atoms with Crippen molar-refractivity contribution in [1.82, 2.24) is 4.98 Å². The number of aromatic nitrogens is 1. The summed E-state index contributed by atoms with van der Waals surface area (Å²) in [6, 6.07) is 10.7. The summed E-state index contributed by atoms with van der Waals surface area (Å²) in [6.07, 6.45) is 1.27. The molecule has 1 fully saturated rings. The number of aryl methyl sites for hydroxylation is 2. The Hall–Kier alpha value is -2.12. The Morgan fingerprint density at radius 2 is 2.10 bits per heavy atom. The molecule has 0 saturated carbocycles. The summed E-state index contributed by atoms with van der Waals surface area (Å²) in [6.45, 7) is 5.30. The van der Waals surface area contributed by atoms with Crippen molar-refractivity contribution in [2.45, 2.75) is 19.8 Å². The molecular weight excluding hydrogens is 262 g/mol. The minimum absolute atomic E-state index is 0.524. The number of hydrogen-bond donors (Lipinski definition) is 0. The highest BCUT2D eigenvalue weighted by atomic mass is 16.5. The molecule has 3 rings (SSSR count). The molecule has 0 unspecified atom stereocenters. The van der Waals surface area contributed by atoms with Crippen LogP contribution in [-0.4, -0.2) is 31.3 Å². The number of hydrogen-bond acceptors (Lipinski definition) is 4. The topological polar surface area (TPSA) is 49.2 Å². The van der Waals surface area contributed by atoms with Crippen molar-refractivity contribution < 1.29 is 4.74 Å². The molecule has 1 aliphatic heterocycles. The van der Waals surface area contributed by atoms with Crippen LogP contribution in [0.1, 0.15) is 17.5 Å². The SMILES string of the molecule is Cc1ccc2nc(N3CCOCC3)c(CCC#N)cc2c1. The van der Waals surface area contributed by atoms with E-state index >= 15 is 0 Å². The molecule has 0 amide bonds. The minimum Gasteiger partial charge on any atom is -0.378 e. The van der Waals surface area contributed by atoms with E-state index < -0.39 is 0 Å². The van der Waals surface area contributed by atoms with Gasteiger partial charge in [0.05, 0.1) is 24.8 Å². The quantitative estimate of drug-likeness (QED) is 0.868. The summed E-state index contributed by atoms with van der Waals surface area (Å²) >= 11 is 0. The molecule has 2 heterocycles. The van der Waals surface area contributed by atoms with Crippen molar-refractivity contribution in [2.75, 3.05) is 31.2 Å². The maximum Gasteiger partial charge on any atom is 0.132 e. The van der Waals surface area contributed by atoms with Crippen molar-refractivity contribution >= 4 is 16.7 Å². The molecule has 4 nitrogen and oxygen atoms in total. The minimum atomic E-state index is 0.524. The van der Waals surface area contributed by atoms with Crippen LogP contribution in [0.2, 0.25) is 0 Å². The van der Waals surface area contributed by atoms with Gasteiger partial charge in [0.25, 0.3) is 0 Å². The third kappa shape index (κ3) is 2.98. The molecule has 1 aliphatic rings. The van der Waals surface area contributed by atoms with Crippen LogP contribution in [0.25, 0.3) is 10.9 Å². The first-order valence-corrected chi connectivity index (χ1v) is 7.38. The maximum atomic E-state index is 8.88. The van der Waals surface area contributed by atoms with Crippen molar-refractivity contribution in [3.8, 4) is 6.07 Å². The summed E-state index contributed by atoms with van der Waals surface area (Å²) in [7, 11) is 0. The van der Waals surface area contributed by atoms with Gasteiger partial charge in [-0.1, -0.05) is 11.6 Å². The summed E-state index contributed by atoms with van der Waals surface area (Å²) in [5.74, 6) is 1.02. The Morgan fingerprint density at radius 1 is 1.29 bits per heavy atom. The first-order chi connectivity index (χ1) is 10.3. The van der Waals surface area contributed by atoms with Crippen LogP contribution in [0.3, 0.4) is 0 Å². The van der Waals surface area contributed by atoms with Gasteiger partial charge in [-0.2, -0.15) is 5.26 Å². The van der Waals surface area contributed by atoms with Gasteiger partial charge in [-0.3, -0.25) is 0 Å². The van der Waals surface area contributed by atoms with Crippen LogP contribution < -0.4 is 4.90 Å². The smallest absolute Gasteiger partial charge is 0.132 e. The van der Waals surface area contributed by atoms with Crippen LogP contribution >= 0.6 is 0 Å². The molecule has 1 aromatic carbocycles. The van der Waals surface area contributed by atoms with Gasteiger partial charge in [-0.25, -0.2) is 4.98 Å². The molecule has 0 radical (unpaired) electrons. The number of benzene rings is 1. The molecule has 0 spiro atoms. The highest BCUT2D eigenvalue weighted by Gasteiger charge is 2.17. The summed E-state index contributed by atoms with van der Waals surface area (Å²) in [5.41, 5.74) is 3.41.